The largest absolute Gasteiger partial charge is 0.322 e. The van der Waals surface area contributed by atoms with E-state index < -0.39 is 0 Å². The normalized spacial score (nSPS) is 10.3. The van der Waals surface area contributed by atoms with E-state index in [2.05, 4.69) is 15.6 Å². The molecule has 0 bridgehead atoms. The number of carbonyl (C=O) groups is 2. The zero-order valence-electron chi connectivity index (χ0n) is 15.3. The van der Waals surface area contributed by atoms with Crippen molar-refractivity contribution in [2.45, 2.75) is 20.3 Å². The smallest absolute Gasteiger partial charge is 0.257 e. The van der Waals surface area contributed by atoms with E-state index in [1.807, 2.05) is 50.2 Å². The highest BCUT2D eigenvalue weighted by molar-refractivity contribution is 6.08. The maximum Gasteiger partial charge on any atom is 0.257 e. The molecule has 0 saturated carbocycles. The fourth-order valence-corrected chi connectivity index (χ4v) is 2.80. The van der Waals surface area contributed by atoms with Gasteiger partial charge in [0, 0.05) is 23.8 Å². The van der Waals surface area contributed by atoms with Crippen LogP contribution in [0.1, 0.15) is 38.8 Å². The number of amides is 2. The second-order valence-electron chi connectivity index (χ2n) is 6.20. The van der Waals surface area contributed by atoms with Crippen LogP contribution >= 0.6 is 0 Å². The summed E-state index contributed by atoms with van der Waals surface area (Å²) in [5.74, 6) is -0.602. The molecule has 5 nitrogen and oxygen atoms in total. The third-order valence-corrected chi connectivity index (χ3v) is 4.27. The van der Waals surface area contributed by atoms with Gasteiger partial charge in [-0.3, -0.25) is 14.6 Å². The molecule has 0 atom stereocenters. The summed E-state index contributed by atoms with van der Waals surface area (Å²) in [6.07, 6.45) is 3.72. The Morgan fingerprint density at radius 3 is 2.22 bits per heavy atom. The van der Waals surface area contributed by atoms with Gasteiger partial charge in [-0.05, 0) is 42.7 Å². The van der Waals surface area contributed by atoms with E-state index in [-0.39, 0.29) is 11.8 Å². The van der Waals surface area contributed by atoms with E-state index in [4.69, 9.17) is 0 Å². The van der Waals surface area contributed by atoms with Gasteiger partial charge in [0.25, 0.3) is 11.8 Å². The fraction of sp³-hybridized carbons (Fsp3) is 0.136. The highest BCUT2D eigenvalue weighted by Gasteiger charge is 2.14. The average Bonchev–Trinajstić information content (AvgIpc) is 2.70. The van der Waals surface area contributed by atoms with Gasteiger partial charge in [-0.1, -0.05) is 43.3 Å². The molecule has 0 aliphatic heterocycles. The molecule has 0 fully saturated rings. The zero-order chi connectivity index (χ0) is 19.2. The summed E-state index contributed by atoms with van der Waals surface area (Å²) in [5, 5.41) is 5.74. The van der Waals surface area contributed by atoms with Gasteiger partial charge in [0.15, 0.2) is 0 Å². The van der Waals surface area contributed by atoms with Crippen LogP contribution < -0.4 is 10.6 Å². The topological polar surface area (TPSA) is 71.1 Å². The highest BCUT2D eigenvalue weighted by atomic mass is 16.2. The molecule has 1 aromatic heterocycles. The molecule has 2 amide bonds. The van der Waals surface area contributed by atoms with Crippen molar-refractivity contribution in [3.63, 3.8) is 0 Å². The van der Waals surface area contributed by atoms with E-state index in [9.17, 15) is 9.59 Å². The number of rotatable bonds is 5. The van der Waals surface area contributed by atoms with Crippen molar-refractivity contribution >= 4 is 23.2 Å². The molecule has 136 valence electrons. The highest BCUT2D eigenvalue weighted by Crippen LogP contribution is 2.22. The predicted molar refractivity (Wildman–Crippen MR) is 107 cm³/mol. The van der Waals surface area contributed by atoms with Gasteiger partial charge in [-0.25, -0.2) is 0 Å². The van der Waals surface area contributed by atoms with Gasteiger partial charge in [0.1, 0.15) is 0 Å². The minimum absolute atomic E-state index is 0.291. The van der Waals surface area contributed by atoms with Gasteiger partial charge < -0.3 is 10.6 Å². The monoisotopic (exact) mass is 359 g/mol. The first-order chi connectivity index (χ1) is 13.1. The minimum Gasteiger partial charge on any atom is -0.322 e. The Labute approximate surface area is 158 Å². The van der Waals surface area contributed by atoms with E-state index in [1.54, 1.807) is 18.2 Å². The molecular weight excluding hydrogens is 338 g/mol. The van der Waals surface area contributed by atoms with Gasteiger partial charge in [0.2, 0.25) is 0 Å². The quantitative estimate of drug-likeness (QED) is 0.707. The van der Waals surface area contributed by atoms with Gasteiger partial charge in [-0.2, -0.15) is 0 Å². The van der Waals surface area contributed by atoms with Crippen molar-refractivity contribution in [3.8, 4) is 0 Å². The van der Waals surface area contributed by atoms with Crippen molar-refractivity contribution in [2.75, 3.05) is 10.6 Å². The third kappa shape index (κ3) is 4.39. The lowest BCUT2D eigenvalue weighted by atomic mass is 10.1. The molecule has 1 heterocycles. The Morgan fingerprint density at radius 2 is 1.56 bits per heavy atom. The number of nitrogens with zero attached hydrogens (tertiary/aromatic N) is 1. The second kappa shape index (κ2) is 8.27. The third-order valence-electron chi connectivity index (χ3n) is 4.27. The summed E-state index contributed by atoms with van der Waals surface area (Å²) in [6.45, 7) is 4.00. The number of para-hydroxylation sites is 2. The Morgan fingerprint density at radius 1 is 0.889 bits per heavy atom. The lowest BCUT2D eigenvalue weighted by Gasteiger charge is -2.13. The van der Waals surface area contributed by atoms with Crippen molar-refractivity contribution in [3.05, 3.63) is 89.2 Å². The van der Waals surface area contributed by atoms with Crippen LogP contribution in [0.5, 0.6) is 0 Å². The Bertz CT molecular complexity index is 968. The predicted octanol–water partition coefficient (Wildman–Crippen LogP) is 4.46. The summed E-state index contributed by atoms with van der Waals surface area (Å²) in [6, 6.07) is 16.6. The molecule has 2 N–H and O–H groups in total. The van der Waals surface area contributed by atoms with Crippen LogP contribution in [0.3, 0.4) is 0 Å². The second-order valence-corrected chi connectivity index (χ2v) is 6.20. The summed E-state index contributed by atoms with van der Waals surface area (Å²) >= 11 is 0. The van der Waals surface area contributed by atoms with Crippen LogP contribution in [0.4, 0.5) is 11.4 Å². The lowest BCUT2D eigenvalue weighted by Crippen LogP contribution is -2.17. The number of pyridine rings is 1. The van der Waals surface area contributed by atoms with Crippen LogP contribution in [-0.2, 0) is 6.42 Å². The van der Waals surface area contributed by atoms with Crippen LogP contribution in [0.25, 0.3) is 0 Å². The molecule has 0 aliphatic rings. The van der Waals surface area contributed by atoms with Crippen LogP contribution in [0.15, 0.2) is 67.0 Å². The molecule has 0 radical (unpaired) electrons. The van der Waals surface area contributed by atoms with Crippen molar-refractivity contribution in [2.24, 2.45) is 0 Å². The van der Waals surface area contributed by atoms with E-state index >= 15 is 0 Å². The zero-order valence-corrected chi connectivity index (χ0v) is 15.3. The molecule has 27 heavy (non-hydrogen) atoms. The number of anilines is 2. The first-order valence-electron chi connectivity index (χ1n) is 8.79. The Hall–Kier alpha value is -3.47. The van der Waals surface area contributed by atoms with Crippen molar-refractivity contribution in [1.29, 1.82) is 0 Å². The number of carbonyl (C=O) groups excluding carboxylic acids is 2. The molecule has 3 aromatic rings. The first-order valence-corrected chi connectivity index (χ1v) is 8.79. The molecule has 0 unspecified atom stereocenters. The van der Waals surface area contributed by atoms with Gasteiger partial charge in [-0.15, -0.1) is 0 Å². The minimum atomic E-state index is -0.312. The van der Waals surface area contributed by atoms with E-state index in [1.165, 1.54) is 12.4 Å². The van der Waals surface area contributed by atoms with Gasteiger partial charge in [0.05, 0.1) is 11.1 Å². The maximum absolute atomic E-state index is 12.7. The molecule has 3 rings (SSSR count). The van der Waals surface area contributed by atoms with Crippen LogP contribution in [0.2, 0.25) is 0 Å². The number of nitrogens with one attached hydrogen (secondary N) is 2. The average molecular weight is 359 g/mol. The van der Waals surface area contributed by atoms with Crippen LogP contribution in [0, 0.1) is 6.92 Å². The van der Waals surface area contributed by atoms with E-state index in [0.29, 0.717) is 16.8 Å². The Balaban J connectivity index is 1.79. The molecular formula is C22H21N3O2. The number of benzene rings is 2. The number of hydrogen-bond acceptors (Lipinski definition) is 3. The summed E-state index contributed by atoms with van der Waals surface area (Å²) in [4.78, 5) is 29.2. The standard InChI is InChI=1S/C22H21N3O2/c1-3-16-9-7-8-15(2)20(16)25-22(27)18-12-17(13-23-14-18)21(26)24-19-10-5-4-6-11-19/h4-14H,3H2,1-2H3,(H,24,26)(H,25,27). The SMILES string of the molecule is CCc1cccc(C)c1NC(=O)c1cncc(C(=O)Nc2ccccc2)c1. The number of aromatic nitrogens is 1. The number of hydrogen-bond donors (Lipinski definition) is 2. The molecule has 2 aromatic carbocycles. The molecule has 0 saturated heterocycles. The summed E-state index contributed by atoms with van der Waals surface area (Å²) < 4.78 is 0. The summed E-state index contributed by atoms with van der Waals surface area (Å²) in [5.41, 5.74) is 4.21. The molecule has 5 heteroatoms. The van der Waals surface area contributed by atoms with Crippen molar-refractivity contribution in [1.82, 2.24) is 4.98 Å². The lowest BCUT2D eigenvalue weighted by molar-refractivity contribution is 0.102. The fourth-order valence-electron chi connectivity index (χ4n) is 2.80. The van der Waals surface area contributed by atoms with Crippen LogP contribution in [-0.4, -0.2) is 16.8 Å². The summed E-state index contributed by atoms with van der Waals surface area (Å²) in [7, 11) is 0. The molecule has 0 spiro atoms. The van der Waals surface area contributed by atoms with E-state index in [0.717, 1.165) is 23.2 Å². The number of aryl methyl sites for hydroxylation is 2. The Kier molecular flexibility index (Phi) is 5.61. The van der Waals surface area contributed by atoms with Gasteiger partial charge >= 0.3 is 0 Å². The molecule has 0 aliphatic carbocycles. The maximum atomic E-state index is 12.7. The first kappa shape index (κ1) is 18.3. The van der Waals surface area contributed by atoms with Crippen molar-refractivity contribution < 1.29 is 9.59 Å².